The topological polar surface area (TPSA) is 38.8 Å². The summed E-state index contributed by atoms with van der Waals surface area (Å²) in [5, 5.41) is 0. The van der Waals surface area contributed by atoms with Crippen molar-refractivity contribution in [2.45, 2.75) is 44.7 Å². The smallest absolute Gasteiger partial charge is 0.416 e. The average Bonchev–Trinajstić information content (AvgIpc) is 2.45. The van der Waals surface area contributed by atoms with E-state index in [1.807, 2.05) is 0 Å². The van der Waals surface area contributed by atoms with E-state index >= 15 is 0 Å². The van der Waals surface area contributed by atoms with Gasteiger partial charge in [0.2, 0.25) is 0 Å². The molecule has 0 radical (unpaired) electrons. The number of benzene rings is 1. The van der Waals surface area contributed by atoms with Crippen LogP contribution < -0.4 is 0 Å². The van der Waals surface area contributed by atoms with Crippen LogP contribution in [0.25, 0.3) is 0 Å². The van der Waals surface area contributed by atoms with Crippen molar-refractivity contribution < 1.29 is 27.4 Å². The number of alkyl halides is 3. The van der Waals surface area contributed by atoms with Crippen LogP contribution in [0.2, 0.25) is 0 Å². The van der Waals surface area contributed by atoms with Crippen molar-refractivity contribution in [3.8, 4) is 0 Å². The zero-order chi connectivity index (χ0) is 18.1. The van der Waals surface area contributed by atoms with Crippen molar-refractivity contribution in [1.82, 2.24) is 4.90 Å². The second-order valence-corrected chi connectivity index (χ2v) is 7.48. The molecule has 0 bridgehead atoms. The highest BCUT2D eigenvalue weighted by molar-refractivity contribution is 9.10. The van der Waals surface area contributed by atoms with Gasteiger partial charge in [-0.15, -0.1) is 0 Å². The van der Waals surface area contributed by atoms with Crippen LogP contribution in [0, 0.1) is 0 Å². The van der Waals surface area contributed by atoms with E-state index in [1.54, 1.807) is 45.0 Å². The number of ether oxygens (including phenoxy) is 2. The third kappa shape index (κ3) is 4.86. The van der Waals surface area contributed by atoms with Crippen molar-refractivity contribution in [2.24, 2.45) is 0 Å². The second-order valence-electron chi connectivity index (χ2n) is 6.56. The molecule has 134 valence electrons. The lowest BCUT2D eigenvalue weighted by atomic mass is 10.0. The summed E-state index contributed by atoms with van der Waals surface area (Å²) in [6, 6.07) is 6.37. The molecule has 0 aromatic heterocycles. The van der Waals surface area contributed by atoms with Crippen molar-refractivity contribution in [3.63, 3.8) is 0 Å². The fourth-order valence-electron chi connectivity index (χ4n) is 2.34. The normalized spacial score (nSPS) is 22.4. The summed E-state index contributed by atoms with van der Waals surface area (Å²) >= 11 is 3.30. The van der Waals surface area contributed by atoms with Gasteiger partial charge in [-0.3, -0.25) is 4.90 Å². The fraction of sp³-hybridized carbons (Fsp3) is 0.562. The van der Waals surface area contributed by atoms with Crippen LogP contribution in [0.4, 0.5) is 18.0 Å². The van der Waals surface area contributed by atoms with Gasteiger partial charge >= 0.3 is 12.3 Å². The molecular weight excluding hydrogens is 391 g/mol. The van der Waals surface area contributed by atoms with Crippen molar-refractivity contribution in [1.29, 1.82) is 0 Å². The van der Waals surface area contributed by atoms with E-state index in [2.05, 4.69) is 15.9 Å². The van der Waals surface area contributed by atoms with Crippen molar-refractivity contribution in [3.05, 3.63) is 34.3 Å². The molecule has 24 heavy (non-hydrogen) atoms. The molecule has 2 rings (SSSR count). The number of carbonyl (C=O) groups excluding carboxylic acids is 1. The molecule has 1 aromatic carbocycles. The van der Waals surface area contributed by atoms with Gasteiger partial charge in [-0.2, -0.15) is 13.2 Å². The van der Waals surface area contributed by atoms with Crippen LogP contribution in [0.1, 0.15) is 32.4 Å². The fourth-order valence-corrected chi connectivity index (χ4v) is 2.60. The Morgan fingerprint density at radius 3 is 2.33 bits per heavy atom. The first kappa shape index (κ1) is 19.1. The Hall–Kier alpha value is -1.28. The van der Waals surface area contributed by atoms with Crippen LogP contribution in [-0.4, -0.2) is 42.0 Å². The summed E-state index contributed by atoms with van der Waals surface area (Å²) in [7, 11) is 0. The maximum Gasteiger partial charge on any atom is 0.416 e. The molecule has 1 aromatic rings. The van der Waals surface area contributed by atoms with Gasteiger partial charge in [-0.1, -0.05) is 28.1 Å². The highest BCUT2D eigenvalue weighted by atomic mass is 79.9. The van der Waals surface area contributed by atoms with Gasteiger partial charge in [0, 0.05) is 4.47 Å². The predicted octanol–water partition coefficient (Wildman–Crippen LogP) is 4.69. The van der Waals surface area contributed by atoms with E-state index < -0.39 is 36.6 Å². The molecule has 1 amide bonds. The van der Waals surface area contributed by atoms with Gasteiger partial charge < -0.3 is 9.47 Å². The number of morpholine rings is 1. The van der Waals surface area contributed by atoms with E-state index in [-0.39, 0.29) is 6.61 Å². The number of carbonyl (C=O) groups is 1. The van der Waals surface area contributed by atoms with Crippen LogP contribution in [0.15, 0.2) is 28.7 Å². The Balaban J connectivity index is 2.27. The summed E-state index contributed by atoms with van der Waals surface area (Å²) in [5.74, 6) is 0. The molecule has 0 unspecified atom stereocenters. The molecule has 1 heterocycles. The molecule has 0 spiro atoms. The van der Waals surface area contributed by atoms with Crippen molar-refractivity contribution in [2.75, 3.05) is 13.2 Å². The molecule has 0 aliphatic carbocycles. The largest absolute Gasteiger partial charge is 0.444 e. The number of nitrogens with zero attached hydrogens (tertiary/aromatic N) is 1. The standard InChI is InChI=1S/C16H19BrF3NO3/c1-15(2,3)24-14(22)21-8-13(16(18,19)20)23-9-12(21)10-4-6-11(17)7-5-10/h4-7,12-13H,8-9H2,1-3H3/t12-,13+/m0/s1. The highest BCUT2D eigenvalue weighted by Gasteiger charge is 2.47. The SMILES string of the molecule is CC(C)(C)OC(=O)N1C[C@H](C(F)(F)F)OC[C@H]1c1ccc(Br)cc1. The molecule has 1 fully saturated rings. The quantitative estimate of drug-likeness (QED) is 0.675. The maximum atomic E-state index is 13.0. The lowest BCUT2D eigenvalue weighted by Gasteiger charge is -2.40. The second kappa shape index (κ2) is 6.92. The Morgan fingerprint density at radius 1 is 1.25 bits per heavy atom. The minimum Gasteiger partial charge on any atom is -0.444 e. The molecule has 1 aliphatic rings. The molecule has 8 heteroatoms. The Bertz CT molecular complexity index is 584. The Morgan fingerprint density at radius 2 is 1.83 bits per heavy atom. The molecule has 1 aliphatic heterocycles. The molecule has 2 atom stereocenters. The summed E-state index contributed by atoms with van der Waals surface area (Å²) < 4.78 is 50.0. The van der Waals surface area contributed by atoms with Gasteiger partial charge in [-0.05, 0) is 38.5 Å². The van der Waals surface area contributed by atoms with Crippen LogP contribution in [-0.2, 0) is 9.47 Å². The van der Waals surface area contributed by atoms with E-state index in [0.29, 0.717) is 5.56 Å². The highest BCUT2D eigenvalue weighted by Crippen LogP contribution is 2.34. The Kier molecular flexibility index (Phi) is 5.49. The predicted molar refractivity (Wildman–Crippen MR) is 85.6 cm³/mol. The lowest BCUT2D eigenvalue weighted by molar-refractivity contribution is -0.242. The summed E-state index contributed by atoms with van der Waals surface area (Å²) in [5.41, 5.74) is -0.113. The molecule has 0 N–H and O–H groups in total. The van der Waals surface area contributed by atoms with Gasteiger partial charge in [0.05, 0.1) is 19.2 Å². The molecule has 4 nitrogen and oxygen atoms in total. The Labute approximate surface area is 147 Å². The minimum absolute atomic E-state index is 0.245. The van der Waals surface area contributed by atoms with Gasteiger partial charge in [0.15, 0.2) is 6.10 Å². The first-order valence-electron chi connectivity index (χ1n) is 7.41. The van der Waals surface area contributed by atoms with Crippen molar-refractivity contribution >= 4 is 22.0 Å². The zero-order valence-corrected chi connectivity index (χ0v) is 15.1. The number of hydrogen-bond donors (Lipinski definition) is 0. The molecular formula is C16H19BrF3NO3. The van der Waals surface area contributed by atoms with Gasteiger partial charge in [0.1, 0.15) is 5.60 Å². The number of rotatable bonds is 1. The van der Waals surface area contributed by atoms with E-state index in [1.165, 1.54) is 0 Å². The maximum absolute atomic E-state index is 13.0. The van der Waals surface area contributed by atoms with Crippen LogP contribution >= 0.6 is 15.9 Å². The summed E-state index contributed by atoms with van der Waals surface area (Å²) in [6.07, 6.45) is -7.34. The first-order chi connectivity index (χ1) is 11.0. The monoisotopic (exact) mass is 409 g/mol. The van der Waals surface area contributed by atoms with E-state index in [9.17, 15) is 18.0 Å². The number of hydrogen-bond acceptors (Lipinski definition) is 3. The summed E-state index contributed by atoms with van der Waals surface area (Å²) in [6.45, 7) is 4.16. The average molecular weight is 410 g/mol. The first-order valence-corrected chi connectivity index (χ1v) is 8.20. The van der Waals surface area contributed by atoms with E-state index in [0.717, 1.165) is 9.37 Å². The number of amides is 1. The number of halogens is 4. The van der Waals surface area contributed by atoms with Gasteiger partial charge in [-0.25, -0.2) is 4.79 Å². The molecule has 0 saturated carbocycles. The lowest BCUT2D eigenvalue weighted by Crippen LogP contribution is -2.53. The van der Waals surface area contributed by atoms with E-state index in [4.69, 9.17) is 9.47 Å². The summed E-state index contributed by atoms with van der Waals surface area (Å²) in [4.78, 5) is 13.5. The zero-order valence-electron chi connectivity index (χ0n) is 13.6. The van der Waals surface area contributed by atoms with Crippen LogP contribution in [0.3, 0.4) is 0 Å². The third-order valence-corrected chi connectivity index (χ3v) is 3.97. The van der Waals surface area contributed by atoms with Gasteiger partial charge in [0.25, 0.3) is 0 Å². The minimum atomic E-state index is -4.54. The van der Waals surface area contributed by atoms with Crippen LogP contribution in [0.5, 0.6) is 0 Å². The third-order valence-electron chi connectivity index (χ3n) is 3.44. The molecule has 1 saturated heterocycles.